The zero-order valence-corrected chi connectivity index (χ0v) is 38.6. The van der Waals surface area contributed by atoms with Gasteiger partial charge in [-0.2, -0.15) is 5.10 Å². The topological polar surface area (TPSA) is 168 Å². The van der Waals surface area contributed by atoms with E-state index in [0.717, 1.165) is 62.3 Å². The summed E-state index contributed by atoms with van der Waals surface area (Å²) < 4.78 is 20.5. The molecule has 9 rings (SSSR count). The fourth-order valence-electron chi connectivity index (χ4n) is 9.80. The smallest absolute Gasteiger partial charge is 0.274 e. The molecule has 4 fully saturated rings. The van der Waals surface area contributed by atoms with E-state index in [-0.39, 0.29) is 41.1 Å². The Morgan fingerprint density at radius 2 is 1.41 bits per heavy atom. The Morgan fingerprint density at radius 1 is 0.721 bits per heavy atom. The number of hydrogen-bond acceptors (Lipinski definition) is 11. The Hall–Kier alpha value is -6.40. The number of carbonyl (C=O) groups excluding carboxylic acids is 4. The third kappa shape index (κ3) is 11.1. The number of rotatable bonds is 12. The van der Waals surface area contributed by atoms with Crippen molar-refractivity contribution in [2.75, 3.05) is 117 Å². The second-order valence-electron chi connectivity index (χ2n) is 18.4. The van der Waals surface area contributed by atoms with Crippen molar-refractivity contribution in [3.8, 4) is 11.1 Å². The van der Waals surface area contributed by atoms with E-state index in [1.807, 2.05) is 53.1 Å². The first-order valence-corrected chi connectivity index (χ1v) is 23.8. The Bertz CT molecular complexity index is 2700. The molecule has 3 aromatic carbocycles. The molecular formula is C51H59FN10O6. The highest BCUT2D eigenvalue weighted by atomic mass is 19.1. The maximum absolute atomic E-state index is 15.1. The van der Waals surface area contributed by atoms with Crippen molar-refractivity contribution >= 4 is 40.1 Å². The zero-order valence-electron chi connectivity index (χ0n) is 38.6. The molecule has 4 aliphatic rings. The summed E-state index contributed by atoms with van der Waals surface area (Å²) in [6.45, 7) is 11.8. The molecule has 4 amide bonds. The number of halogens is 1. The van der Waals surface area contributed by atoms with Crippen LogP contribution in [0.15, 0.2) is 83.8 Å². The third-order valence-electron chi connectivity index (χ3n) is 13.8. The molecule has 2 N–H and O–H groups in total. The molecule has 0 radical (unpaired) electrons. The van der Waals surface area contributed by atoms with Crippen LogP contribution in [0.2, 0.25) is 0 Å². The summed E-state index contributed by atoms with van der Waals surface area (Å²) in [6.07, 6.45) is 3.75. The van der Waals surface area contributed by atoms with E-state index in [2.05, 4.69) is 36.4 Å². The van der Waals surface area contributed by atoms with Crippen molar-refractivity contribution < 1.29 is 28.3 Å². The monoisotopic (exact) mass is 926 g/mol. The van der Waals surface area contributed by atoms with Gasteiger partial charge in [-0.3, -0.25) is 33.8 Å². The predicted octanol–water partition coefficient (Wildman–Crippen LogP) is 3.75. The first-order chi connectivity index (χ1) is 33.0. The maximum Gasteiger partial charge on any atom is 0.274 e. The van der Waals surface area contributed by atoms with Crippen LogP contribution in [-0.4, -0.2) is 180 Å². The van der Waals surface area contributed by atoms with Crippen LogP contribution >= 0.6 is 0 Å². The summed E-state index contributed by atoms with van der Waals surface area (Å²) in [5, 5.41) is 11.0. The lowest BCUT2D eigenvalue weighted by molar-refractivity contribution is -0.134. The van der Waals surface area contributed by atoms with Gasteiger partial charge < -0.3 is 29.7 Å². The molecule has 0 atom stereocenters. The van der Waals surface area contributed by atoms with Crippen LogP contribution in [0.25, 0.3) is 21.9 Å². The standard InChI is InChI=1S/C51H59FN10O6/c1-35-5-4-6-38(27-35)39-30-45(54-46(63)33-59-23-25-68-26-24-59)48(53-31-39)51(67)61-13-11-36(12-14-61)32-57-15-17-58(18-16-57)34-47(64)60-19-21-62(22-20-60)50(66)42-28-37(9-10-43(42)52)29-44-40-7-2-3-8-41(40)49(65)56-55-44/h2-10,27-28,30-31,36H,11-26,29,32-34H2,1H3,(H,54,63)(H,56,65). The second kappa shape index (κ2) is 21.3. The highest BCUT2D eigenvalue weighted by Crippen LogP contribution is 2.28. The quantitative estimate of drug-likeness (QED) is 0.187. The highest BCUT2D eigenvalue weighted by molar-refractivity contribution is 6.03. The first kappa shape index (κ1) is 46.7. The van der Waals surface area contributed by atoms with Gasteiger partial charge >= 0.3 is 0 Å². The SMILES string of the molecule is Cc1cccc(-c2cnc(C(=O)N3CCC(CN4CCN(CC(=O)N5CCN(C(=O)c6cc(Cc7n[nH]c(=O)c8ccccc78)ccc6F)CC5)CC4)CC3)c(NC(=O)CN3CCOCC3)c2)c1. The number of ether oxygens (including phenoxy) is 1. The fourth-order valence-corrected chi connectivity index (χ4v) is 9.80. The first-order valence-electron chi connectivity index (χ1n) is 23.8. The Labute approximate surface area is 395 Å². The van der Waals surface area contributed by atoms with Crippen molar-refractivity contribution in [3.05, 3.63) is 123 Å². The van der Waals surface area contributed by atoms with Crippen molar-refractivity contribution in [2.45, 2.75) is 26.2 Å². The van der Waals surface area contributed by atoms with E-state index in [9.17, 15) is 24.0 Å². The van der Waals surface area contributed by atoms with Crippen LogP contribution in [0.1, 0.15) is 50.5 Å². The third-order valence-corrected chi connectivity index (χ3v) is 13.8. The normalized spacial score (nSPS) is 17.9. The number of carbonyl (C=O) groups is 4. The molecule has 2 aromatic heterocycles. The number of H-pyrrole nitrogens is 1. The van der Waals surface area contributed by atoms with Gasteiger partial charge in [0.05, 0.1) is 48.6 Å². The molecule has 0 aliphatic carbocycles. The predicted molar refractivity (Wildman–Crippen MR) is 256 cm³/mol. The molecule has 5 aromatic rings. The van der Waals surface area contributed by atoms with E-state index in [4.69, 9.17) is 4.74 Å². The summed E-state index contributed by atoms with van der Waals surface area (Å²) in [7, 11) is 0. The van der Waals surface area contributed by atoms with Gasteiger partial charge in [-0.15, -0.1) is 0 Å². The lowest BCUT2D eigenvalue weighted by Crippen LogP contribution is -2.55. The van der Waals surface area contributed by atoms with E-state index >= 15 is 4.39 Å². The molecule has 0 unspecified atom stereocenters. The molecule has 16 nitrogen and oxygen atoms in total. The minimum atomic E-state index is -0.609. The number of aryl methyl sites for hydroxylation is 1. The number of likely N-dealkylation sites (tertiary alicyclic amines) is 1. The Balaban J connectivity index is 0.719. The second-order valence-corrected chi connectivity index (χ2v) is 18.4. The van der Waals surface area contributed by atoms with Crippen LogP contribution in [0.5, 0.6) is 0 Å². The number of anilines is 1. The fraction of sp³-hybridized carbons (Fsp3) is 0.431. The molecule has 17 heteroatoms. The van der Waals surface area contributed by atoms with Crippen molar-refractivity contribution in [1.82, 2.24) is 44.6 Å². The van der Waals surface area contributed by atoms with E-state index < -0.39 is 11.7 Å². The van der Waals surface area contributed by atoms with Crippen molar-refractivity contribution in [2.24, 2.45) is 5.92 Å². The number of nitrogens with zero attached hydrogens (tertiary/aromatic N) is 8. The van der Waals surface area contributed by atoms with Crippen LogP contribution in [0.4, 0.5) is 10.1 Å². The number of morpholine rings is 1. The van der Waals surface area contributed by atoms with Gasteiger partial charge in [0.15, 0.2) is 5.69 Å². The molecule has 4 aliphatic heterocycles. The minimum Gasteiger partial charge on any atom is -0.379 e. The number of aromatic nitrogens is 3. The molecule has 0 bridgehead atoms. The number of fused-ring (bicyclic) bond motifs is 1. The minimum absolute atomic E-state index is 0.0236. The largest absolute Gasteiger partial charge is 0.379 e. The Morgan fingerprint density at radius 3 is 2.16 bits per heavy atom. The lowest BCUT2D eigenvalue weighted by Gasteiger charge is -2.40. The highest BCUT2D eigenvalue weighted by Gasteiger charge is 2.31. The molecular weight excluding hydrogens is 868 g/mol. The average molecular weight is 927 g/mol. The van der Waals surface area contributed by atoms with Crippen molar-refractivity contribution in [1.29, 1.82) is 0 Å². The maximum atomic E-state index is 15.1. The van der Waals surface area contributed by atoms with Gasteiger partial charge in [-0.25, -0.2) is 14.5 Å². The number of pyridine rings is 1. The summed E-state index contributed by atoms with van der Waals surface area (Å²) in [5.74, 6) is -0.943. The molecule has 6 heterocycles. The van der Waals surface area contributed by atoms with Gasteiger partial charge in [0.25, 0.3) is 17.4 Å². The number of amides is 4. The van der Waals surface area contributed by atoms with Crippen molar-refractivity contribution in [3.63, 3.8) is 0 Å². The Kier molecular flexibility index (Phi) is 14.6. The average Bonchev–Trinajstić information content (AvgIpc) is 3.36. The molecule has 68 heavy (non-hydrogen) atoms. The number of aromatic amines is 1. The molecule has 0 saturated carbocycles. The van der Waals surface area contributed by atoms with Crippen LogP contribution < -0.4 is 10.9 Å². The van der Waals surface area contributed by atoms with E-state index in [1.165, 1.54) is 6.07 Å². The van der Waals surface area contributed by atoms with Gasteiger partial charge in [0, 0.05) is 109 Å². The number of piperazine rings is 2. The van der Waals surface area contributed by atoms with Crippen LogP contribution in [-0.2, 0) is 20.7 Å². The molecule has 0 spiro atoms. The molecule has 356 valence electrons. The number of piperidine rings is 1. The summed E-state index contributed by atoms with van der Waals surface area (Å²) in [6, 6.07) is 21.6. The van der Waals surface area contributed by atoms with Crippen LogP contribution in [0.3, 0.4) is 0 Å². The van der Waals surface area contributed by atoms with Gasteiger partial charge in [0.1, 0.15) is 5.82 Å². The summed E-state index contributed by atoms with van der Waals surface area (Å²) in [5.41, 5.74) is 4.57. The number of nitrogens with one attached hydrogen (secondary N) is 2. The van der Waals surface area contributed by atoms with Gasteiger partial charge in [-0.1, -0.05) is 54.1 Å². The summed E-state index contributed by atoms with van der Waals surface area (Å²) >= 11 is 0. The zero-order chi connectivity index (χ0) is 47.1. The van der Waals surface area contributed by atoms with E-state index in [0.29, 0.717) is 112 Å². The lowest BCUT2D eigenvalue weighted by atomic mass is 9.95. The van der Waals surface area contributed by atoms with Gasteiger partial charge in [0.2, 0.25) is 11.8 Å². The molecule has 4 saturated heterocycles. The summed E-state index contributed by atoms with van der Waals surface area (Å²) in [4.78, 5) is 83.2. The van der Waals surface area contributed by atoms with E-state index in [1.54, 1.807) is 40.3 Å². The van der Waals surface area contributed by atoms with Gasteiger partial charge in [-0.05, 0) is 61.1 Å². The number of hydrogen-bond donors (Lipinski definition) is 2. The number of benzene rings is 3. The van der Waals surface area contributed by atoms with Crippen LogP contribution in [0, 0.1) is 18.7 Å².